The van der Waals surface area contributed by atoms with E-state index >= 15 is 0 Å². The van der Waals surface area contributed by atoms with E-state index in [1.807, 2.05) is 12.2 Å². The van der Waals surface area contributed by atoms with E-state index < -0.39 is 5.97 Å². The molecule has 1 amide bonds. The van der Waals surface area contributed by atoms with Gasteiger partial charge in [-0.25, -0.2) is 4.79 Å². The van der Waals surface area contributed by atoms with Crippen molar-refractivity contribution >= 4 is 11.9 Å². The van der Waals surface area contributed by atoms with Gasteiger partial charge in [0.2, 0.25) is 0 Å². The second kappa shape index (κ2) is 4.68. The maximum Gasteiger partial charge on any atom is 0.352 e. The molecule has 1 aliphatic heterocycles. The zero-order valence-electron chi connectivity index (χ0n) is 10.5. The molecule has 96 valence electrons. The normalized spacial score (nSPS) is 14.9. The zero-order valence-corrected chi connectivity index (χ0v) is 10.5. The van der Waals surface area contributed by atoms with Gasteiger partial charge in [-0.15, -0.1) is 0 Å². The lowest BCUT2D eigenvalue weighted by Gasteiger charge is -2.23. The Balaban J connectivity index is 2.36. The zero-order chi connectivity index (χ0) is 13.3. The van der Waals surface area contributed by atoms with Crippen LogP contribution in [-0.2, 0) is 0 Å². The molecule has 0 radical (unpaired) electrons. The van der Waals surface area contributed by atoms with Gasteiger partial charge in [-0.3, -0.25) is 4.79 Å². The van der Waals surface area contributed by atoms with Gasteiger partial charge >= 0.3 is 5.97 Å². The number of H-pyrrole nitrogens is 1. The average Bonchev–Trinajstić information content (AvgIpc) is 2.65. The first-order valence-electron chi connectivity index (χ1n) is 5.89. The number of carbonyl (C=O) groups excluding carboxylic acids is 1. The summed E-state index contributed by atoms with van der Waals surface area (Å²) in [5, 5.41) is 9.03. The summed E-state index contributed by atoms with van der Waals surface area (Å²) < 4.78 is 0. The molecule has 0 aromatic carbocycles. The molecule has 2 N–H and O–H groups in total. The Morgan fingerprint density at radius 1 is 1.33 bits per heavy atom. The Labute approximate surface area is 105 Å². The molecular weight excluding hydrogens is 232 g/mol. The summed E-state index contributed by atoms with van der Waals surface area (Å²) in [6, 6.07) is 0. The highest BCUT2D eigenvalue weighted by atomic mass is 16.4. The Morgan fingerprint density at radius 3 is 2.56 bits per heavy atom. The topological polar surface area (TPSA) is 73.4 Å². The van der Waals surface area contributed by atoms with Crippen LogP contribution in [-0.4, -0.2) is 40.0 Å². The highest BCUT2D eigenvalue weighted by Gasteiger charge is 2.25. The minimum Gasteiger partial charge on any atom is -0.477 e. The maximum atomic E-state index is 12.4. The summed E-state index contributed by atoms with van der Waals surface area (Å²) in [6.07, 6.45) is 4.85. The summed E-state index contributed by atoms with van der Waals surface area (Å²) in [4.78, 5) is 27.9. The minimum atomic E-state index is -1.03. The van der Waals surface area contributed by atoms with Gasteiger partial charge in [0, 0.05) is 18.8 Å². The third-order valence-electron chi connectivity index (χ3n) is 3.21. The van der Waals surface area contributed by atoms with Gasteiger partial charge in [0.05, 0.1) is 5.56 Å². The van der Waals surface area contributed by atoms with Crippen LogP contribution >= 0.6 is 0 Å². The lowest BCUT2D eigenvalue weighted by Crippen LogP contribution is -2.34. The Kier molecular flexibility index (Phi) is 3.23. The van der Waals surface area contributed by atoms with E-state index in [4.69, 9.17) is 5.11 Å². The summed E-state index contributed by atoms with van der Waals surface area (Å²) in [5.41, 5.74) is 1.72. The van der Waals surface area contributed by atoms with Crippen molar-refractivity contribution in [2.45, 2.75) is 20.3 Å². The van der Waals surface area contributed by atoms with Crippen molar-refractivity contribution in [3.05, 3.63) is 34.7 Å². The molecule has 5 heteroatoms. The summed E-state index contributed by atoms with van der Waals surface area (Å²) in [6.45, 7) is 4.67. The SMILES string of the molecule is Cc1[nH]c(C(=O)O)c(C)c1C(=O)N1CC=CCC1. The number of carboxylic acids is 1. The van der Waals surface area contributed by atoms with Gasteiger partial charge in [-0.1, -0.05) is 12.2 Å². The van der Waals surface area contributed by atoms with Gasteiger partial charge in [-0.05, 0) is 25.8 Å². The van der Waals surface area contributed by atoms with Crippen LogP contribution in [0.3, 0.4) is 0 Å². The van der Waals surface area contributed by atoms with Crippen molar-refractivity contribution in [1.82, 2.24) is 9.88 Å². The van der Waals surface area contributed by atoms with Gasteiger partial charge in [-0.2, -0.15) is 0 Å². The van der Waals surface area contributed by atoms with Crippen LogP contribution in [0.2, 0.25) is 0 Å². The largest absolute Gasteiger partial charge is 0.477 e. The van der Waals surface area contributed by atoms with Crippen molar-refractivity contribution in [3.63, 3.8) is 0 Å². The fourth-order valence-corrected chi connectivity index (χ4v) is 2.27. The smallest absolute Gasteiger partial charge is 0.352 e. The average molecular weight is 248 g/mol. The van der Waals surface area contributed by atoms with E-state index in [-0.39, 0.29) is 11.6 Å². The third-order valence-corrected chi connectivity index (χ3v) is 3.21. The van der Waals surface area contributed by atoms with Crippen molar-refractivity contribution in [2.24, 2.45) is 0 Å². The first-order valence-corrected chi connectivity index (χ1v) is 5.89. The molecule has 0 saturated heterocycles. The number of rotatable bonds is 2. The maximum absolute atomic E-state index is 12.4. The monoisotopic (exact) mass is 248 g/mol. The molecule has 1 aliphatic rings. The molecule has 0 fully saturated rings. The lowest BCUT2D eigenvalue weighted by molar-refractivity contribution is 0.0690. The number of nitrogens with zero attached hydrogens (tertiary/aromatic N) is 1. The van der Waals surface area contributed by atoms with E-state index in [1.165, 1.54) is 0 Å². The van der Waals surface area contributed by atoms with Crippen LogP contribution in [0.4, 0.5) is 0 Å². The minimum absolute atomic E-state index is 0.0990. The highest BCUT2D eigenvalue weighted by Crippen LogP contribution is 2.20. The van der Waals surface area contributed by atoms with Crippen LogP contribution < -0.4 is 0 Å². The second-order valence-electron chi connectivity index (χ2n) is 4.44. The summed E-state index contributed by atoms with van der Waals surface area (Å²) >= 11 is 0. The predicted molar refractivity (Wildman–Crippen MR) is 66.9 cm³/mol. The van der Waals surface area contributed by atoms with Crippen LogP contribution in [0.5, 0.6) is 0 Å². The number of aromatic carboxylic acids is 1. The molecule has 0 bridgehead atoms. The summed E-state index contributed by atoms with van der Waals surface area (Å²) in [5.74, 6) is -1.13. The number of aromatic nitrogens is 1. The molecule has 0 unspecified atom stereocenters. The van der Waals surface area contributed by atoms with Crippen molar-refractivity contribution < 1.29 is 14.7 Å². The number of aryl methyl sites for hydroxylation is 1. The predicted octanol–water partition coefficient (Wildman–Crippen LogP) is 1.73. The van der Waals surface area contributed by atoms with Gasteiger partial charge in [0.15, 0.2) is 0 Å². The number of hydrogen-bond acceptors (Lipinski definition) is 2. The number of amides is 1. The second-order valence-corrected chi connectivity index (χ2v) is 4.44. The quantitative estimate of drug-likeness (QED) is 0.783. The first kappa shape index (κ1) is 12.4. The van der Waals surface area contributed by atoms with Gasteiger partial charge in [0.25, 0.3) is 5.91 Å². The van der Waals surface area contributed by atoms with E-state index in [2.05, 4.69) is 4.98 Å². The van der Waals surface area contributed by atoms with Crippen molar-refractivity contribution in [3.8, 4) is 0 Å². The number of carboxylic acid groups (broad SMARTS) is 1. The highest BCUT2D eigenvalue weighted by molar-refractivity contribution is 6.00. The molecule has 2 heterocycles. The fourth-order valence-electron chi connectivity index (χ4n) is 2.27. The molecule has 1 aromatic heterocycles. The molecular formula is C13H16N2O3. The molecule has 0 atom stereocenters. The molecule has 0 saturated carbocycles. The molecule has 0 spiro atoms. The third kappa shape index (κ3) is 2.03. The van der Waals surface area contributed by atoms with E-state index in [1.54, 1.807) is 18.7 Å². The Hall–Kier alpha value is -2.04. The van der Waals surface area contributed by atoms with Crippen molar-refractivity contribution in [1.29, 1.82) is 0 Å². The number of aromatic amines is 1. The molecule has 18 heavy (non-hydrogen) atoms. The standard InChI is InChI=1S/C13H16N2O3/c1-8-10(9(2)14-11(8)13(17)18)12(16)15-6-4-3-5-7-15/h3-4,14H,5-7H2,1-2H3,(H,17,18). The van der Waals surface area contributed by atoms with E-state index in [0.29, 0.717) is 29.9 Å². The Bertz CT molecular complexity index is 529. The van der Waals surface area contributed by atoms with Crippen molar-refractivity contribution in [2.75, 3.05) is 13.1 Å². The van der Waals surface area contributed by atoms with E-state index in [9.17, 15) is 9.59 Å². The lowest BCUT2D eigenvalue weighted by atomic mass is 10.1. The van der Waals surface area contributed by atoms with Crippen LogP contribution in [0, 0.1) is 13.8 Å². The molecule has 2 rings (SSSR count). The fraction of sp³-hybridized carbons (Fsp3) is 0.385. The van der Waals surface area contributed by atoms with Crippen LogP contribution in [0.1, 0.15) is 38.5 Å². The number of carbonyl (C=O) groups is 2. The number of hydrogen-bond donors (Lipinski definition) is 2. The van der Waals surface area contributed by atoms with Crippen LogP contribution in [0.15, 0.2) is 12.2 Å². The van der Waals surface area contributed by atoms with Gasteiger partial charge in [0.1, 0.15) is 5.69 Å². The van der Waals surface area contributed by atoms with E-state index in [0.717, 1.165) is 6.42 Å². The first-order chi connectivity index (χ1) is 8.52. The molecule has 1 aromatic rings. The van der Waals surface area contributed by atoms with Gasteiger partial charge < -0.3 is 15.0 Å². The van der Waals surface area contributed by atoms with Crippen LogP contribution in [0.25, 0.3) is 0 Å². The summed E-state index contributed by atoms with van der Waals surface area (Å²) in [7, 11) is 0. The molecule has 5 nitrogen and oxygen atoms in total. The number of nitrogens with one attached hydrogen (secondary N) is 1. The Morgan fingerprint density at radius 2 is 2.06 bits per heavy atom. The molecule has 0 aliphatic carbocycles.